The van der Waals surface area contributed by atoms with E-state index in [1.54, 1.807) is 5.38 Å². The van der Waals surface area contributed by atoms with E-state index < -0.39 is 52.9 Å². The summed E-state index contributed by atoms with van der Waals surface area (Å²) in [5.74, 6) is -2.93. The molecule has 0 radical (unpaired) electrons. The summed E-state index contributed by atoms with van der Waals surface area (Å²) in [6.07, 6.45) is -2.03. The molecule has 3 N–H and O–H groups in total. The molecule has 2 aliphatic heterocycles. The summed E-state index contributed by atoms with van der Waals surface area (Å²) in [5.41, 5.74) is 3.73. The van der Waals surface area contributed by atoms with Crippen LogP contribution in [0.25, 0.3) is 0 Å². The third-order valence-corrected chi connectivity index (χ3v) is 13.7. The first-order valence-electron chi connectivity index (χ1n) is 19.9. The number of carboxylic acids is 1. The maximum atomic E-state index is 14.4. The first-order valence-corrected chi connectivity index (χ1v) is 23.4. The first-order chi connectivity index (χ1) is 30.7. The Balaban J connectivity index is 1.12. The molecule has 0 saturated carbocycles. The largest absolute Gasteiger partial charge is 0.477 e. The van der Waals surface area contributed by atoms with Crippen LogP contribution < -0.4 is 10.6 Å². The topological polar surface area (TPSA) is 160 Å². The molecule has 2 amide bonds. The average Bonchev–Trinajstić information content (AvgIpc) is 3.80. The lowest BCUT2D eigenvalue weighted by Gasteiger charge is -2.49. The van der Waals surface area contributed by atoms with Crippen molar-refractivity contribution in [3.05, 3.63) is 202 Å². The van der Waals surface area contributed by atoms with Crippen LogP contribution in [-0.4, -0.2) is 72.2 Å². The van der Waals surface area contributed by atoms with Gasteiger partial charge in [0.2, 0.25) is 6.10 Å². The number of anilines is 1. The number of amides is 2. The van der Waals surface area contributed by atoms with E-state index in [0.29, 0.717) is 20.9 Å². The van der Waals surface area contributed by atoms with E-state index in [1.165, 1.54) is 34.9 Å². The second-order valence-corrected chi connectivity index (χ2v) is 17.3. The molecule has 63 heavy (non-hydrogen) atoms. The molecule has 1 fully saturated rings. The lowest BCUT2D eigenvalue weighted by Crippen LogP contribution is -2.71. The molecule has 1 saturated heterocycles. The van der Waals surface area contributed by atoms with E-state index in [-0.39, 0.29) is 17.1 Å². The van der Waals surface area contributed by atoms with E-state index in [0.717, 1.165) is 27.8 Å². The normalized spacial score (nSPS) is 16.7. The maximum Gasteiger partial charge on any atom is 0.352 e. The van der Waals surface area contributed by atoms with Gasteiger partial charge >= 0.3 is 11.9 Å². The van der Waals surface area contributed by atoms with Crippen molar-refractivity contribution in [3.8, 4) is 0 Å². The van der Waals surface area contributed by atoms with Crippen LogP contribution in [-0.2, 0) is 34.3 Å². The fraction of sp³-hybridized carbons (Fsp3) is 0.167. The fourth-order valence-electron chi connectivity index (χ4n) is 7.55. The van der Waals surface area contributed by atoms with E-state index in [9.17, 15) is 24.3 Å². The average molecular weight is 990 g/mol. The Hall–Kier alpha value is -6.30. The van der Waals surface area contributed by atoms with Gasteiger partial charge in [0.15, 0.2) is 16.9 Å². The van der Waals surface area contributed by atoms with Crippen molar-refractivity contribution in [2.24, 2.45) is 5.16 Å². The molecule has 2 unspecified atom stereocenters. The number of aromatic nitrogens is 1. The molecule has 12 nitrogen and oxygen atoms in total. The number of carbonyl (C=O) groups excluding carboxylic acids is 3. The van der Waals surface area contributed by atoms with E-state index in [1.807, 2.05) is 152 Å². The fourth-order valence-corrected chi connectivity index (χ4v) is 10.6. The Morgan fingerprint density at radius 3 is 1.84 bits per heavy atom. The predicted octanol–water partition coefficient (Wildman–Crippen LogP) is 8.16. The van der Waals surface area contributed by atoms with Gasteiger partial charge in [0.05, 0.1) is 0 Å². The van der Waals surface area contributed by atoms with Gasteiger partial charge in [-0.05, 0) is 40.3 Å². The van der Waals surface area contributed by atoms with Crippen LogP contribution in [0.5, 0.6) is 0 Å². The SMILES string of the molecule is CC(ON=C(C(=O)NC1C(=O)N2C(C(=O)O)=C(CI)CS[C@@H]12)c1csc(NC(c2ccccc2)(c2ccccc2)c2ccccc2)n1)C(=O)OC(c1ccccc1)c1ccccc1. The summed E-state index contributed by atoms with van der Waals surface area (Å²) in [5, 5.41) is 22.1. The highest BCUT2D eigenvalue weighted by atomic mass is 127. The van der Waals surface area contributed by atoms with Crippen LogP contribution in [0.3, 0.4) is 0 Å². The number of aliphatic carboxylic acids is 1. The summed E-state index contributed by atoms with van der Waals surface area (Å²) in [4.78, 5) is 65.8. The van der Waals surface area contributed by atoms with Crippen molar-refractivity contribution in [1.29, 1.82) is 0 Å². The second kappa shape index (κ2) is 19.4. The number of hydrogen-bond donors (Lipinski definition) is 3. The Labute approximate surface area is 385 Å². The number of oxime groups is 1. The van der Waals surface area contributed by atoms with Crippen LogP contribution >= 0.6 is 45.7 Å². The van der Waals surface area contributed by atoms with Crippen LogP contribution in [0.1, 0.15) is 46.5 Å². The molecule has 318 valence electrons. The summed E-state index contributed by atoms with van der Waals surface area (Å²) < 4.78 is 6.45. The number of β-lactam (4-membered cyclic amide) rings is 1. The number of carbonyl (C=O) groups is 4. The molecule has 2 aliphatic rings. The molecule has 5 aromatic carbocycles. The minimum Gasteiger partial charge on any atom is -0.477 e. The van der Waals surface area contributed by atoms with Crippen LogP contribution in [0.4, 0.5) is 5.13 Å². The molecular formula is C48H40IN5O7S2. The molecule has 6 aromatic rings. The maximum absolute atomic E-state index is 14.4. The zero-order chi connectivity index (χ0) is 43.9. The number of rotatable bonds is 16. The third kappa shape index (κ3) is 8.99. The molecule has 1 aromatic heterocycles. The Kier molecular flexibility index (Phi) is 13.3. The molecule has 0 spiro atoms. The predicted molar refractivity (Wildman–Crippen MR) is 251 cm³/mol. The number of benzene rings is 5. The van der Waals surface area contributed by atoms with Gasteiger partial charge in [0, 0.05) is 15.6 Å². The summed E-state index contributed by atoms with van der Waals surface area (Å²) in [6.45, 7) is 1.47. The minimum atomic E-state index is -1.29. The lowest BCUT2D eigenvalue weighted by molar-refractivity contribution is -0.160. The zero-order valence-corrected chi connectivity index (χ0v) is 37.5. The second-order valence-electron chi connectivity index (χ2n) is 14.6. The number of thiazole rings is 1. The lowest BCUT2D eigenvalue weighted by atomic mass is 9.77. The number of esters is 1. The van der Waals surface area contributed by atoms with Gasteiger partial charge < -0.3 is 25.3 Å². The number of carboxylic acid groups (broad SMARTS) is 1. The number of nitrogens with one attached hydrogen (secondary N) is 2. The van der Waals surface area contributed by atoms with E-state index >= 15 is 0 Å². The summed E-state index contributed by atoms with van der Waals surface area (Å²) in [6, 6.07) is 47.4. The van der Waals surface area contributed by atoms with Gasteiger partial charge in [-0.3, -0.25) is 14.5 Å². The zero-order valence-electron chi connectivity index (χ0n) is 33.7. The van der Waals surface area contributed by atoms with Gasteiger partial charge in [-0.1, -0.05) is 179 Å². The highest BCUT2D eigenvalue weighted by molar-refractivity contribution is 14.1. The Morgan fingerprint density at radius 1 is 0.841 bits per heavy atom. The standard InChI is InChI=1S/C48H40IN5O7S2/c1-30(46(59)60-41(31-17-7-2-8-18-31)32-19-9-3-10-20-32)61-53-38(42(55)51-39-43(56)54-40(45(57)58)33(27-49)28-62-44(39)54)37-29-63-47(50-37)52-48(34-21-11-4-12-22-34,35-23-13-5-14-24-35)36-25-15-6-16-26-36/h2-26,29-30,39,41,44H,27-28H2,1H3,(H,50,52)(H,51,55)(H,57,58)/t30?,39?,44-/m0/s1. The third-order valence-electron chi connectivity index (χ3n) is 10.6. The number of fused-ring (bicyclic) bond motifs is 1. The summed E-state index contributed by atoms with van der Waals surface area (Å²) in [7, 11) is 0. The van der Waals surface area contributed by atoms with Gasteiger partial charge in [0.1, 0.15) is 28.3 Å². The Bertz CT molecular complexity index is 2520. The molecule has 15 heteroatoms. The van der Waals surface area contributed by atoms with Crippen molar-refractivity contribution in [3.63, 3.8) is 0 Å². The van der Waals surface area contributed by atoms with Gasteiger partial charge in [-0.2, -0.15) is 0 Å². The Morgan fingerprint density at radius 2 is 1.35 bits per heavy atom. The molecule has 0 bridgehead atoms. The summed E-state index contributed by atoms with van der Waals surface area (Å²) >= 11 is 4.68. The van der Waals surface area contributed by atoms with Crippen molar-refractivity contribution in [2.75, 3.05) is 15.5 Å². The van der Waals surface area contributed by atoms with E-state index in [2.05, 4.69) is 38.4 Å². The highest BCUT2D eigenvalue weighted by Crippen LogP contribution is 2.42. The first kappa shape index (κ1) is 43.4. The van der Waals surface area contributed by atoms with Crippen molar-refractivity contribution in [2.45, 2.75) is 36.1 Å². The van der Waals surface area contributed by atoms with Crippen molar-refractivity contribution < 1.29 is 33.9 Å². The monoisotopic (exact) mass is 989 g/mol. The quantitative estimate of drug-likeness (QED) is 0.0164. The van der Waals surface area contributed by atoms with Gasteiger partial charge in [-0.25, -0.2) is 14.6 Å². The van der Waals surface area contributed by atoms with Gasteiger partial charge in [-0.15, -0.1) is 23.1 Å². The number of hydrogen-bond acceptors (Lipinski definition) is 11. The number of nitrogens with zero attached hydrogens (tertiary/aromatic N) is 3. The van der Waals surface area contributed by atoms with Crippen molar-refractivity contribution in [1.82, 2.24) is 15.2 Å². The van der Waals surface area contributed by atoms with Crippen LogP contribution in [0, 0.1) is 0 Å². The number of halogens is 1. The van der Waals surface area contributed by atoms with Crippen LogP contribution in [0.15, 0.2) is 173 Å². The molecule has 0 aliphatic carbocycles. The number of thioether (sulfide) groups is 1. The molecular weight excluding hydrogens is 950 g/mol. The molecule has 8 rings (SSSR count). The van der Waals surface area contributed by atoms with E-state index in [4.69, 9.17) is 14.6 Å². The van der Waals surface area contributed by atoms with Crippen molar-refractivity contribution >= 4 is 80.3 Å². The molecule has 3 atom stereocenters. The number of alkyl halides is 1. The smallest absolute Gasteiger partial charge is 0.352 e. The van der Waals surface area contributed by atoms with Gasteiger partial charge in [0.25, 0.3) is 11.8 Å². The highest BCUT2D eigenvalue weighted by Gasteiger charge is 2.54. The van der Waals surface area contributed by atoms with Crippen LogP contribution in [0.2, 0.25) is 0 Å². The minimum absolute atomic E-state index is 0.0635. The molecule has 3 heterocycles. The number of ether oxygens (including phenoxy) is 1.